The van der Waals surface area contributed by atoms with E-state index < -0.39 is 31.6 Å². The molecule has 0 radical (unpaired) electrons. The molecule has 4 aromatic carbocycles. The molecule has 8 rings (SSSR count). The normalized spacial score (nSPS) is 23.7. The lowest BCUT2D eigenvalue weighted by molar-refractivity contribution is -0.145. The Morgan fingerprint density at radius 1 is 1.00 bits per heavy atom. The summed E-state index contributed by atoms with van der Waals surface area (Å²) in [5.41, 5.74) is 3.11. The Balaban J connectivity index is 1.13. The predicted octanol–water partition coefficient (Wildman–Crippen LogP) is 6.69. The highest BCUT2D eigenvalue weighted by atomic mass is 28.4. The van der Waals surface area contributed by atoms with Crippen molar-refractivity contribution in [3.63, 3.8) is 0 Å². The van der Waals surface area contributed by atoms with Crippen LogP contribution in [0.25, 0.3) is 10.8 Å². The smallest absolute Gasteiger partial charge is 0.264 e. The fraction of sp³-hybridized carbons (Fsp3) is 0.316. The number of halogens is 1. The maximum atomic E-state index is 16.4. The number of nitrogens with zero attached hydrogens (tertiary/aromatic N) is 5. The highest BCUT2D eigenvalue weighted by Gasteiger charge is 2.66. The van der Waals surface area contributed by atoms with E-state index in [4.69, 9.17) is 4.74 Å². The molecule has 3 aliphatic heterocycles. The maximum Gasteiger partial charge on any atom is 0.264 e. The van der Waals surface area contributed by atoms with Crippen LogP contribution in [0.4, 0.5) is 21.2 Å². The molecule has 1 N–H and O–H groups in total. The summed E-state index contributed by atoms with van der Waals surface area (Å²) in [5, 5.41) is 20.7. The van der Waals surface area contributed by atoms with E-state index in [2.05, 4.69) is 10.3 Å². The average Bonchev–Trinajstić information content (AvgIpc) is 3.81. The molecule has 0 saturated carbocycles. The Morgan fingerprint density at radius 3 is 2.49 bits per heavy atom. The first-order valence-electron chi connectivity index (χ1n) is 16.8. The largest absolute Gasteiger partial charge is 0.395 e. The average molecular weight is 676 g/mol. The summed E-state index contributed by atoms with van der Waals surface area (Å²) in [6, 6.07) is 26.9. The molecule has 11 heteroatoms. The molecule has 0 bridgehead atoms. The van der Waals surface area contributed by atoms with E-state index in [9.17, 15) is 14.7 Å². The van der Waals surface area contributed by atoms with Gasteiger partial charge in [0.1, 0.15) is 0 Å². The number of carbonyl (C=O) groups excluding carboxylic acids is 2. The van der Waals surface area contributed by atoms with E-state index in [0.717, 1.165) is 22.0 Å². The first kappa shape index (κ1) is 31.5. The van der Waals surface area contributed by atoms with E-state index in [1.807, 2.05) is 98.0 Å². The number of hydrogen-bond acceptors (Lipinski definition) is 6. The second-order valence-corrected chi connectivity index (χ2v) is 17.8. The molecule has 0 aliphatic carbocycles. The number of amides is 2. The number of fused-ring (bicyclic) bond motifs is 2. The molecular formula is C38H38FN5O4Si. The van der Waals surface area contributed by atoms with Crippen molar-refractivity contribution in [3.8, 4) is 0 Å². The first-order chi connectivity index (χ1) is 23.5. The molecule has 49 heavy (non-hydrogen) atoms. The zero-order valence-corrected chi connectivity index (χ0v) is 28.9. The Bertz CT molecular complexity index is 2110. The van der Waals surface area contributed by atoms with Crippen LogP contribution in [0.3, 0.4) is 0 Å². The molecule has 250 valence electrons. The summed E-state index contributed by atoms with van der Waals surface area (Å²) in [5.74, 6) is -1.14. The van der Waals surface area contributed by atoms with Crippen molar-refractivity contribution in [3.05, 3.63) is 114 Å². The maximum absolute atomic E-state index is 16.4. The van der Waals surface area contributed by atoms with Gasteiger partial charge in [-0.15, -0.1) is 5.10 Å². The van der Waals surface area contributed by atoms with Crippen LogP contribution in [0, 0.1) is 5.92 Å². The lowest BCUT2D eigenvalue weighted by Crippen LogP contribution is -2.44. The number of carbonyl (C=O) groups is 2. The number of likely N-dealkylation sites (N-methyl/N-ethyl adjacent to an activating group) is 1. The summed E-state index contributed by atoms with van der Waals surface area (Å²) < 4.78 is 25.0. The summed E-state index contributed by atoms with van der Waals surface area (Å²) >= 11 is 0. The van der Waals surface area contributed by atoms with Gasteiger partial charge in [-0.1, -0.05) is 66.7 Å². The number of aliphatic hydroxyl groups is 1. The quantitative estimate of drug-likeness (QED) is 0.145. The fourth-order valence-corrected chi connectivity index (χ4v) is 11.2. The monoisotopic (exact) mass is 675 g/mol. The third kappa shape index (κ3) is 4.70. The molecule has 1 unspecified atom stereocenters. The Kier molecular flexibility index (Phi) is 7.36. The molecule has 3 aliphatic rings. The Morgan fingerprint density at radius 2 is 1.76 bits per heavy atom. The van der Waals surface area contributed by atoms with Gasteiger partial charge in [-0.25, -0.2) is 0 Å². The summed E-state index contributed by atoms with van der Waals surface area (Å²) in [7, 11) is -1.65. The number of rotatable bonds is 8. The SMILES string of the molecule is C[C@H]1[C@H]([Si](C)(C)F)[C@@H](CCn2cc(C(CO)c3ccccc3)nn2)O[C@]12C(=O)N(C)c1ccc(N3C(=O)c4cccc5cccc3c45)cc12. The van der Waals surface area contributed by atoms with Crippen molar-refractivity contribution >= 4 is 48.1 Å². The van der Waals surface area contributed by atoms with E-state index in [-0.39, 0.29) is 24.3 Å². The standard InChI is InChI=1S/C38H38FN5O4Si/c1-23-35(49(3,4)39)33(18-19-43-21-30(40-41-43)28(22-45)24-10-6-5-7-11-24)48-38(23)29-20-26(16-17-31(29)42(2)37(38)47)44-32-15-9-13-25-12-8-14-27(34(25)32)36(44)46/h5-17,20-21,23,28,33,35,45H,18-19,22H2,1-4H3/t23-,28?,33+,35-,38+/m0/s1. The second-order valence-electron chi connectivity index (χ2n) is 14.0. The van der Waals surface area contributed by atoms with Crippen molar-refractivity contribution in [1.82, 2.24) is 15.0 Å². The number of benzene rings is 4. The van der Waals surface area contributed by atoms with Gasteiger partial charge in [0.15, 0.2) is 5.60 Å². The Labute approximate surface area is 285 Å². The zero-order chi connectivity index (χ0) is 34.2. The lowest BCUT2D eigenvalue weighted by Gasteiger charge is -2.31. The summed E-state index contributed by atoms with van der Waals surface area (Å²) in [6.45, 7) is 5.59. The molecular weight excluding hydrogens is 638 g/mol. The minimum absolute atomic E-state index is 0.112. The van der Waals surface area contributed by atoms with Crippen molar-refractivity contribution < 1.29 is 23.5 Å². The van der Waals surface area contributed by atoms with Gasteiger partial charge in [0, 0.05) is 47.9 Å². The summed E-state index contributed by atoms with van der Waals surface area (Å²) in [6.07, 6.45) is 1.68. The van der Waals surface area contributed by atoms with E-state index in [0.29, 0.717) is 41.2 Å². The number of aromatic nitrogens is 3. The predicted molar refractivity (Wildman–Crippen MR) is 188 cm³/mol. The molecule has 1 aromatic heterocycles. The minimum Gasteiger partial charge on any atom is -0.395 e. The molecule has 5 atom stereocenters. The van der Waals surface area contributed by atoms with Crippen molar-refractivity contribution in [2.45, 2.75) is 56.1 Å². The molecule has 1 spiro atoms. The van der Waals surface area contributed by atoms with Gasteiger partial charge in [-0.2, -0.15) is 0 Å². The van der Waals surface area contributed by atoms with E-state index >= 15 is 4.11 Å². The fourth-order valence-electron chi connectivity index (χ4n) is 8.62. The van der Waals surface area contributed by atoms with Gasteiger partial charge in [0.25, 0.3) is 11.8 Å². The molecule has 4 heterocycles. The van der Waals surface area contributed by atoms with Crippen LogP contribution in [-0.2, 0) is 21.7 Å². The lowest BCUT2D eigenvalue weighted by atomic mass is 9.82. The van der Waals surface area contributed by atoms with Gasteiger partial charge in [-0.05, 0) is 60.8 Å². The second kappa shape index (κ2) is 11.4. The third-order valence-electron chi connectivity index (χ3n) is 10.8. The highest BCUT2D eigenvalue weighted by Crippen LogP contribution is 2.60. The van der Waals surface area contributed by atoms with E-state index in [1.165, 1.54) is 0 Å². The third-order valence-corrected chi connectivity index (χ3v) is 13.3. The number of aliphatic hydroxyl groups excluding tert-OH is 1. The van der Waals surface area contributed by atoms with Crippen molar-refractivity contribution in [1.29, 1.82) is 0 Å². The topological polar surface area (TPSA) is 101 Å². The zero-order valence-electron chi connectivity index (χ0n) is 27.9. The van der Waals surface area contributed by atoms with Crippen LogP contribution in [0.15, 0.2) is 91.1 Å². The highest BCUT2D eigenvalue weighted by molar-refractivity contribution is 6.72. The van der Waals surface area contributed by atoms with Crippen molar-refractivity contribution in [2.75, 3.05) is 23.5 Å². The van der Waals surface area contributed by atoms with Crippen LogP contribution in [0.2, 0.25) is 18.6 Å². The number of ether oxygens (including phenoxy) is 1. The van der Waals surface area contributed by atoms with Gasteiger partial charge in [0.05, 0.1) is 41.3 Å². The number of anilines is 3. The molecule has 5 aromatic rings. The van der Waals surface area contributed by atoms with Gasteiger partial charge < -0.3 is 18.9 Å². The Hall–Kier alpha value is -4.71. The number of aryl methyl sites for hydroxylation is 1. The van der Waals surface area contributed by atoms with Crippen LogP contribution >= 0.6 is 0 Å². The molecule has 1 saturated heterocycles. The minimum atomic E-state index is -3.38. The van der Waals surface area contributed by atoms with Crippen LogP contribution in [-0.4, -0.2) is 60.1 Å². The summed E-state index contributed by atoms with van der Waals surface area (Å²) in [4.78, 5) is 31.5. The molecule has 9 nitrogen and oxygen atoms in total. The van der Waals surface area contributed by atoms with E-state index in [1.54, 1.807) is 34.6 Å². The van der Waals surface area contributed by atoms with Gasteiger partial charge >= 0.3 is 0 Å². The van der Waals surface area contributed by atoms with Crippen LogP contribution in [0.5, 0.6) is 0 Å². The number of hydrogen-bond donors (Lipinski definition) is 1. The van der Waals surface area contributed by atoms with Crippen LogP contribution in [0.1, 0.15) is 46.4 Å². The first-order valence-corrected chi connectivity index (χ1v) is 19.7. The van der Waals surface area contributed by atoms with Crippen LogP contribution < -0.4 is 9.80 Å². The van der Waals surface area contributed by atoms with Gasteiger partial charge in [0.2, 0.25) is 8.41 Å². The van der Waals surface area contributed by atoms with Crippen molar-refractivity contribution in [2.24, 2.45) is 5.92 Å². The molecule has 2 amide bonds. The molecule has 1 fully saturated rings. The van der Waals surface area contributed by atoms with Gasteiger partial charge in [-0.3, -0.25) is 19.2 Å².